The minimum Gasteiger partial charge on any atom is -0.441 e. The number of carbonyl (C=O) groups is 1. The molecule has 1 saturated carbocycles. The Kier molecular flexibility index (Phi) is 3.21. The molecule has 128 valence electrons. The van der Waals surface area contributed by atoms with E-state index in [1.165, 1.54) is 6.42 Å². The highest BCUT2D eigenvalue weighted by atomic mass is 16.3. The molecule has 1 aromatic carbocycles. The number of hydrogen-bond acceptors (Lipinski definition) is 3. The van der Waals surface area contributed by atoms with Crippen molar-refractivity contribution in [1.29, 1.82) is 0 Å². The Labute approximate surface area is 142 Å². The number of fused-ring (bicyclic) bond motifs is 3. The largest absolute Gasteiger partial charge is 0.441 e. The number of hydrogen-bond donors (Lipinski definition) is 1. The zero-order chi connectivity index (χ0) is 17.1. The van der Waals surface area contributed by atoms with Gasteiger partial charge in [-0.1, -0.05) is 20.8 Å². The van der Waals surface area contributed by atoms with Crippen molar-refractivity contribution in [2.75, 3.05) is 11.9 Å². The van der Waals surface area contributed by atoms with E-state index in [-0.39, 0.29) is 11.4 Å². The summed E-state index contributed by atoms with van der Waals surface area (Å²) in [4.78, 5) is 19.2. The van der Waals surface area contributed by atoms with Crippen LogP contribution >= 0.6 is 0 Å². The molecule has 4 rings (SSSR count). The van der Waals surface area contributed by atoms with Crippen molar-refractivity contribution in [3.05, 3.63) is 24.1 Å². The molecule has 1 aliphatic carbocycles. The standard InChI is InChI=1S/C19H25N3O2/c1-12-20-15-7-13(5-6-16(15)24-12)21-17(23)22-11-19(4)9-14(22)8-18(2,3)10-19/h5-7,14H,8-11H2,1-4H3,(H,21,23). The van der Waals surface area contributed by atoms with Crippen molar-refractivity contribution >= 4 is 22.8 Å². The molecule has 0 spiro atoms. The molecule has 2 fully saturated rings. The first kappa shape index (κ1) is 15.5. The van der Waals surface area contributed by atoms with Crippen LogP contribution in [0.25, 0.3) is 11.1 Å². The van der Waals surface area contributed by atoms with Gasteiger partial charge in [0.15, 0.2) is 11.5 Å². The molecule has 1 aliphatic heterocycles. The molecule has 2 atom stereocenters. The van der Waals surface area contributed by atoms with Crippen molar-refractivity contribution in [1.82, 2.24) is 9.88 Å². The third kappa shape index (κ3) is 2.66. The SMILES string of the molecule is Cc1nc2cc(NC(=O)N3CC4(C)CC3CC(C)(C)C4)ccc2o1. The minimum absolute atomic E-state index is 0.000918. The van der Waals surface area contributed by atoms with E-state index in [1.54, 1.807) is 0 Å². The highest BCUT2D eigenvalue weighted by Crippen LogP contribution is 2.52. The molecule has 2 bridgehead atoms. The van der Waals surface area contributed by atoms with Gasteiger partial charge >= 0.3 is 6.03 Å². The van der Waals surface area contributed by atoms with Gasteiger partial charge in [0.05, 0.1) is 0 Å². The van der Waals surface area contributed by atoms with Crippen LogP contribution in [0, 0.1) is 17.8 Å². The summed E-state index contributed by atoms with van der Waals surface area (Å²) >= 11 is 0. The molecule has 5 nitrogen and oxygen atoms in total. The lowest BCUT2D eigenvalue weighted by atomic mass is 9.65. The number of oxazole rings is 1. The lowest BCUT2D eigenvalue weighted by molar-refractivity contribution is 0.130. The van der Waals surface area contributed by atoms with Gasteiger partial charge in [0, 0.05) is 25.2 Å². The third-order valence-electron chi connectivity index (χ3n) is 5.42. The quantitative estimate of drug-likeness (QED) is 0.834. The van der Waals surface area contributed by atoms with Crippen LogP contribution in [0.3, 0.4) is 0 Å². The number of amides is 2. The first-order valence-electron chi connectivity index (χ1n) is 8.68. The molecule has 5 heteroatoms. The zero-order valence-corrected chi connectivity index (χ0v) is 14.8. The summed E-state index contributed by atoms with van der Waals surface area (Å²) in [6.45, 7) is 9.63. The minimum atomic E-state index is 0.000918. The number of nitrogens with zero attached hydrogens (tertiary/aromatic N) is 2. The molecule has 2 aromatic rings. The summed E-state index contributed by atoms with van der Waals surface area (Å²) in [5.41, 5.74) is 2.85. The van der Waals surface area contributed by atoms with Crippen LogP contribution in [-0.4, -0.2) is 28.5 Å². The van der Waals surface area contributed by atoms with Crippen molar-refractivity contribution in [3.63, 3.8) is 0 Å². The van der Waals surface area contributed by atoms with Crippen LogP contribution in [0.4, 0.5) is 10.5 Å². The van der Waals surface area contributed by atoms with Crippen LogP contribution in [0.15, 0.2) is 22.6 Å². The van der Waals surface area contributed by atoms with Crippen LogP contribution < -0.4 is 5.32 Å². The topological polar surface area (TPSA) is 58.4 Å². The maximum Gasteiger partial charge on any atom is 0.322 e. The van der Waals surface area contributed by atoms with Crippen molar-refractivity contribution < 1.29 is 9.21 Å². The van der Waals surface area contributed by atoms with Gasteiger partial charge < -0.3 is 14.6 Å². The predicted molar refractivity (Wildman–Crippen MR) is 94.0 cm³/mol. The maximum absolute atomic E-state index is 12.8. The molecule has 2 aliphatic rings. The fourth-order valence-corrected chi connectivity index (χ4v) is 5.01. The monoisotopic (exact) mass is 327 g/mol. The summed E-state index contributed by atoms with van der Waals surface area (Å²) in [5.74, 6) is 0.636. The van der Waals surface area contributed by atoms with Crippen molar-refractivity contribution in [2.45, 2.75) is 53.0 Å². The molecule has 2 amide bonds. The first-order chi connectivity index (χ1) is 11.2. The Morgan fingerprint density at radius 2 is 2.12 bits per heavy atom. The van der Waals surface area contributed by atoms with E-state index in [4.69, 9.17) is 4.42 Å². The number of benzene rings is 1. The van der Waals surface area contributed by atoms with Crippen LogP contribution in [0.2, 0.25) is 0 Å². The van der Waals surface area contributed by atoms with E-state index in [2.05, 4.69) is 31.1 Å². The fraction of sp³-hybridized carbons (Fsp3) is 0.579. The fourth-order valence-electron chi connectivity index (χ4n) is 5.01. The average molecular weight is 327 g/mol. The summed E-state index contributed by atoms with van der Waals surface area (Å²) in [7, 11) is 0. The summed E-state index contributed by atoms with van der Waals surface area (Å²) < 4.78 is 5.49. The molecule has 2 unspecified atom stereocenters. The Hall–Kier alpha value is -2.04. The lowest BCUT2D eigenvalue weighted by Crippen LogP contribution is -2.40. The van der Waals surface area contributed by atoms with E-state index in [0.29, 0.717) is 17.3 Å². The summed E-state index contributed by atoms with van der Waals surface area (Å²) in [5, 5.41) is 3.05. The second-order valence-corrected chi connectivity index (χ2v) is 8.69. The Bertz CT molecular complexity index is 810. The second-order valence-electron chi connectivity index (χ2n) is 8.69. The number of rotatable bonds is 1. The van der Waals surface area contributed by atoms with E-state index in [0.717, 1.165) is 36.2 Å². The van der Waals surface area contributed by atoms with Gasteiger partial charge in [0.25, 0.3) is 0 Å². The molecule has 24 heavy (non-hydrogen) atoms. The van der Waals surface area contributed by atoms with E-state index < -0.39 is 0 Å². The molecule has 1 N–H and O–H groups in total. The second kappa shape index (κ2) is 4.98. The van der Waals surface area contributed by atoms with E-state index in [1.807, 2.05) is 30.0 Å². The van der Waals surface area contributed by atoms with Gasteiger partial charge in [0.2, 0.25) is 0 Å². The lowest BCUT2D eigenvalue weighted by Gasteiger charge is -2.39. The number of aromatic nitrogens is 1. The molecule has 1 saturated heterocycles. The van der Waals surface area contributed by atoms with Gasteiger partial charge in [-0.15, -0.1) is 0 Å². The number of aryl methyl sites for hydroxylation is 1. The molecular weight excluding hydrogens is 302 g/mol. The molecular formula is C19H25N3O2. The number of urea groups is 1. The van der Waals surface area contributed by atoms with Gasteiger partial charge in [-0.25, -0.2) is 9.78 Å². The van der Waals surface area contributed by atoms with Crippen molar-refractivity contribution in [2.24, 2.45) is 10.8 Å². The highest BCUT2D eigenvalue weighted by molar-refractivity contribution is 5.92. The van der Waals surface area contributed by atoms with Gasteiger partial charge in [-0.3, -0.25) is 0 Å². The van der Waals surface area contributed by atoms with Crippen LogP contribution in [-0.2, 0) is 0 Å². The van der Waals surface area contributed by atoms with E-state index >= 15 is 0 Å². The third-order valence-corrected chi connectivity index (χ3v) is 5.42. The number of likely N-dealkylation sites (tertiary alicyclic amines) is 1. The normalized spacial score (nSPS) is 28.3. The Morgan fingerprint density at radius 1 is 1.33 bits per heavy atom. The summed E-state index contributed by atoms with van der Waals surface area (Å²) in [6.07, 6.45) is 3.38. The van der Waals surface area contributed by atoms with Gasteiger partial charge in [-0.2, -0.15) is 0 Å². The average Bonchev–Trinajstić information content (AvgIpc) is 2.93. The molecule has 0 radical (unpaired) electrons. The first-order valence-corrected chi connectivity index (χ1v) is 8.68. The van der Waals surface area contributed by atoms with Crippen LogP contribution in [0.5, 0.6) is 0 Å². The predicted octanol–water partition coefficient (Wildman–Crippen LogP) is 4.57. The zero-order valence-electron chi connectivity index (χ0n) is 14.8. The summed E-state index contributed by atoms with van der Waals surface area (Å²) in [6, 6.07) is 5.95. The number of anilines is 1. The van der Waals surface area contributed by atoms with Crippen molar-refractivity contribution in [3.8, 4) is 0 Å². The smallest absolute Gasteiger partial charge is 0.322 e. The molecule has 1 aromatic heterocycles. The van der Waals surface area contributed by atoms with E-state index in [9.17, 15) is 4.79 Å². The Balaban J connectivity index is 1.53. The van der Waals surface area contributed by atoms with Gasteiger partial charge in [0.1, 0.15) is 5.52 Å². The van der Waals surface area contributed by atoms with Gasteiger partial charge in [-0.05, 0) is 48.3 Å². The highest BCUT2D eigenvalue weighted by Gasteiger charge is 2.51. The number of carbonyl (C=O) groups excluding carboxylic acids is 1. The number of nitrogens with one attached hydrogen (secondary N) is 1. The Morgan fingerprint density at radius 3 is 2.92 bits per heavy atom. The maximum atomic E-state index is 12.8. The molecule has 2 heterocycles. The van der Waals surface area contributed by atoms with Crippen LogP contribution in [0.1, 0.15) is 45.9 Å².